The third-order valence-corrected chi connectivity index (χ3v) is 11.2. The molecule has 8 atom stereocenters. The van der Waals surface area contributed by atoms with E-state index in [1.807, 2.05) is 11.8 Å². The number of thioether (sulfide) groups is 1. The number of aliphatic hydroxyl groups excluding tert-OH is 1. The molecule has 228 valence electrons. The summed E-state index contributed by atoms with van der Waals surface area (Å²) in [7, 11) is 0. The Bertz CT molecular complexity index is 1290. The molecule has 6 heterocycles. The second-order valence-corrected chi connectivity index (χ2v) is 13.6. The molecule has 6 rings (SSSR count). The average Bonchev–Trinajstić information content (AvgIpc) is 3.75. The van der Waals surface area contributed by atoms with Crippen LogP contribution >= 0.6 is 11.8 Å². The van der Waals surface area contributed by atoms with E-state index in [4.69, 9.17) is 0 Å². The maximum absolute atomic E-state index is 13.5. The van der Waals surface area contributed by atoms with Crippen molar-refractivity contribution in [2.75, 3.05) is 39.3 Å². The van der Waals surface area contributed by atoms with Gasteiger partial charge in [0.15, 0.2) is 0 Å². The lowest BCUT2D eigenvalue weighted by Gasteiger charge is -2.47. The van der Waals surface area contributed by atoms with E-state index in [0.717, 1.165) is 13.0 Å². The summed E-state index contributed by atoms with van der Waals surface area (Å²) in [6, 6.07) is -1.27. The molecular weight excluding hydrogens is 566 g/mol. The number of hydrogen-bond donors (Lipinski definition) is 5. The second-order valence-electron chi connectivity index (χ2n) is 12.2. The number of carboxylic acid groups (broad SMARTS) is 1. The number of carbonyl (C=O) groups excluding carboxylic acids is 3. The maximum atomic E-state index is 13.5. The lowest BCUT2D eigenvalue weighted by Crippen LogP contribution is -2.66. The number of amides is 3. The second kappa shape index (κ2) is 11.2. The number of aliphatic hydroxyl groups is 1. The first-order valence-corrected chi connectivity index (χ1v) is 15.3. The van der Waals surface area contributed by atoms with E-state index in [0.29, 0.717) is 37.5 Å². The molecule has 16 heteroatoms. The number of piperidine rings is 1. The van der Waals surface area contributed by atoms with Gasteiger partial charge in [-0.05, 0) is 42.7 Å². The summed E-state index contributed by atoms with van der Waals surface area (Å²) in [6.45, 7) is 6.95. The van der Waals surface area contributed by atoms with E-state index < -0.39 is 17.9 Å². The molecule has 1 aromatic rings. The van der Waals surface area contributed by atoms with Gasteiger partial charge >= 0.3 is 5.97 Å². The number of nitrogens with one attached hydrogen (secondary N) is 3. The Morgan fingerprint density at radius 1 is 1.33 bits per heavy atom. The van der Waals surface area contributed by atoms with E-state index in [2.05, 4.69) is 31.5 Å². The Kier molecular flexibility index (Phi) is 7.74. The van der Waals surface area contributed by atoms with Gasteiger partial charge < -0.3 is 36.0 Å². The average molecular weight is 604 g/mol. The van der Waals surface area contributed by atoms with Crippen LogP contribution in [0.4, 0.5) is 0 Å². The third kappa shape index (κ3) is 4.87. The first-order chi connectivity index (χ1) is 20.1. The summed E-state index contributed by atoms with van der Waals surface area (Å²) in [5.41, 5.74) is -0.288. The summed E-state index contributed by atoms with van der Waals surface area (Å²) in [5.74, 6) is -2.32. The molecule has 5 aliphatic heterocycles. The minimum absolute atomic E-state index is 0.00162. The number of carboxylic acids is 1. The Balaban J connectivity index is 1.09. The van der Waals surface area contributed by atoms with Crippen LogP contribution in [0.3, 0.4) is 0 Å². The van der Waals surface area contributed by atoms with Gasteiger partial charge in [0, 0.05) is 53.7 Å². The number of hydrogen-bond acceptors (Lipinski definition) is 11. The molecule has 0 aromatic carbocycles. The van der Waals surface area contributed by atoms with E-state index in [-0.39, 0.29) is 71.2 Å². The van der Waals surface area contributed by atoms with Gasteiger partial charge in [0.1, 0.15) is 18.6 Å². The smallest absolute Gasteiger partial charge is 0.353 e. The van der Waals surface area contributed by atoms with Gasteiger partial charge in [0.2, 0.25) is 17.7 Å². The molecule has 4 unspecified atom stereocenters. The normalized spacial score (nSPS) is 34.7. The van der Waals surface area contributed by atoms with Gasteiger partial charge in [0.05, 0.1) is 24.6 Å². The monoisotopic (exact) mass is 603 g/mol. The van der Waals surface area contributed by atoms with Gasteiger partial charge in [-0.3, -0.25) is 14.4 Å². The number of likely N-dealkylation sites (tertiary alicyclic amines) is 1. The van der Waals surface area contributed by atoms with E-state index >= 15 is 0 Å². The Labute approximate surface area is 246 Å². The van der Waals surface area contributed by atoms with Crippen LogP contribution in [0.15, 0.2) is 16.9 Å². The quantitative estimate of drug-likeness (QED) is 0.192. The molecular formula is C26H37N9O6S. The molecule has 5 N–H and O–H groups in total. The first-order valence-electron chi connectivity index (χ1n) is 14.4. The standard InChI is InChI=1S/C26H37N9O6S/c1-13-20-19(14(2)30-18(37)8-34-12-29-31-32-34)24(39)35(20)21(25(40)41)22(13)42-16-5-17(28-6-16)23(38)33-7-15-3-4-27-9-26(15,10-33)11-36/h12-17,19-20,27-28,36H,3-11H2,1-2H3,(H,30,37)(H,40,41)/t13?,14-,15?,16?,17+,19-,20-,26?/m1/s1. The fourth-order valence-electron chi connectivity index (χ4n) is 7.51. The molecule has 3 amide bonds. The Morgan fingerprint density at radius 2 is 2.14 bits per heavy atom. The highest BCUT2D eigenvalue weighted by molar-refractivity contribution is 8.03. The van der Waals surface area contributed by atoms with Crippen LogP contribution in [-0.4, -0.2) is 127 Å². The third-order valence-electron chi connectivity index (χ3n) is 9.68. The van der Waals surface area contributed by atoms with Crippen molar-refractivity contribution in [3.63, 3.8) is 0 Å². The molecule has 5 aliphatic rings. The van der Waals surface area contributed by atoms with Crippen molar-refractivity contribution >= 4 is 35.5 Å². The minimum atomic E-state index is -1.16. The van der Waals surface area contributed by atoms with Crippen molar-refractivity contribution in [3.05, 3.63) is 16.9 Å². The van der Waals surface area contributed by atoms with Crippen molar-refractivity contribution in [1.29, 1.82) is 0 Å². The zero-order valence-electron chi connectivity index (χ0n) is 23.6. The number of aromatic nitrogens is 4. The largest absolute Gasteiger partial charge is 0.477 e. The molecule has 15 nitrogen and oxygen atoms in total. The molecule has 4 saturated heterocycles. The summed E-state index contributed by atoms with van der Waals surface area (Å²) < 4.78 is 1.28. The number of fused-ring (bicyclic) bond motifs is 2. The van der Waals surface area contributed by atoms with Gasteiger partial charge in [-0.2, -0.15) is 0 Å². The van der Waals surface area contributed by atoms with Crippen molar-refractivity contribution in [2.45, 2.75) is 56.6 Å². The number of tetrazole rings is 1. The van der Waals surface area contributed by atoms with E-state index in [9.17, 15) is 29.4 Å². The molecule has 0 aliphatic carbocycles. The van der Waals surface area contributed by atoms with Crippen molar-refractivity contribution in [2.24, 2.45) is 23.2 Å². The summed E-state index contributed by atoms with van der Waals surface area (Å²) in [6.07, 6.45) is 2.80. The fraction of sp³-hybridized carbons (Fsp3) is 0.731. The van der Waals surface area contributed by atoms with E-state index in [1.54, 1.807) is 6.92 Å². The molecule has 0 radical (unpaired) electrons. The molecule has 4 fully saturated rings. The molecule has 1 aromatic heterocycles. The van der Waals surface area contributed by atoms with Crippen LogP contribution < -0.4 is 16.0 Å². The number of carbonyl (C=O) groups is 4. The predicted octanol–water partition coefficient (Wildman–Crippen LogP) is -2.16. The predicted molar refractivity (Wildman–Crippen MR) is 148 cm³/mol. The van der Waals surface area contributed by atoms with Gasteiger partial charge in [0.25, 0.3) is 0 Å². The number of β-lactam (4-membered cyclic amide) rings is 1. The first kappa shape index (κ1) is 29.0. The van der Waals surface area contributed by atoms with Crippen LogP contribution in [0.5, 0.6) is 0 Å². The number of aliphatic carboxylic acids is 1. The van der Waals surface area contributed by atoms with Crippen LogP contribution in [0, 0.1) is 23.2 Å². The number of nitrogens with zero attached hydrogens (tertiary/aromatic N) is 6. The lowest BCUT2D eigenvalue weighted by molar-refractivity contribution is -0.158. The Hall–Kier alpha value is -3.08. The highest BCUT2D eigenvalue weighted by Crippen LogP contribution is 2.52. The highest BCUT2D eigenvalue weighted by atomic mass is 32.2. The van der Waals surface area contributed by atoms with Crippen LogP contribution in [-0.2, 0) is 25.7 Å². The molecule has 0 bridgehead atoms. The van der Waals surface area contributed by atoms with Crippen molar-refractivity contribution in [1.82, 2.24) is 46.0 Å². The van der Waals surface area contributed by atoms with Gasteiger partial charge in [-0.1, -0.05) is 6.92 Å². The SMILES string of the molecule is CC1C(SC2CN[C@H](C(=O)N3CC4CCNCC4(CO)C3)C2)=C(C(=O)O)N2C(=O)[C@H]([C@@H](C)NC(=O)Cn3cnnn3)[C@@H]12. The van der Waals surface area contributed by atoms with Crippen molar-refractivity contribution < 1.29 is 29.4 Å². The number of rotatable bonds is 9. The van der Waals surface area contributed by atoms with Crippen molar-refractivity contribution in [3.8, 4) is 0 Å². The van der Waals surface area contributed by atoms with Crippen LogP contribution in [0.2, 0.25) is 0 Å². The van der Waals surface area contributed by atoms with Gasteiger partial charge in [-0.25, -0.2) is 9.48 Å². The van der Waals surface area contributed by atoms with Gasteiger partial charge in [-0.15, -0.1) is 16.9 Å². The van der Waals surface area contributed by atoms with E-state index in [1.165, 1.54) is 27.7 Å². The molecule has 0 saturated carbocycles. The highest BCUT2D eigenvalue weighted by Gasteiger charge is 2.60. The topological polar surface area (TPSA) is 195 Å². The van der Waals surface area contributed by atoms with Crippen LogP contribution in [0.25, 0.3) is 0 Å². The zero-order chi connectivity index (χ0) is 29.8. The zero-order valence-corrected chi connectivity index (χ0v) is 24.4. The fourth-order valence-corrected chi connectivity index (χ4v) is 8.99. The summed E-state index contributed by atoms with van der Waals surface area (Å²) in [4.78, 5) is 55.4. The summed E-state index contributed by atoms with van der Waals surface area (Å²) >= 11 is 1.44. The molecule has 0 spiro atoms. The lowest BCUT2D eigenvalue weighted by atomic mass is 9.75. The summed E-state index contributed by atoms with van der Waals surface area (Å²) in [5, 5.41) is 40.4. The Morgan fingerprint density at radius 3 is 2.83 bits per heavy atom. The maximum Gasteiger partial charge on any atom is 0.353 e. The molecule has 42 heavy (non-hydrogen) atoms. The minimum Gasteiger partial charge on any atom is -0.477 e. The van der Waals surface area contributed by atoms with Crippen LogP contribution in [0.1, 0.15) is 26.7 Å².